The van der Waals surface area contributed by atoms with E-state index in [9.17, 15) is 9.18 Å². The van der Waals surface area contributed by atoms with E-state index in [4.69, 9.17) is 4.74 Å². The highest BCUT2D eigenvalue weighted by atomic mass is 79.9. The summed E-state index contributed by atoms with van der Waals surface area (Å²) in [5, 5.41) is 0. The van der Waals surface area contributed by atoms with Crippen LogP contribution in [0.1, 0.15) is 27.9 Å². The second-order valence-electron chi connectivity index (χ2n) is 5.20. The van der Waals surface area contributed by atoms with Crippen LogP contribution in [0, 0.1) is 5.82 Å². The van der Waals surface area contributed by atoms with Gasteiger partial charge in [-0.05, 0) is 76.3 Å². The lowest BCUT2D eigenvalue weighted by atomic mass is 9.86. The lowest BCUT2D eigenvalue weighted by Crippen LogP contribution is -2.14. The first-order valence-electron chi connectivity index (χ1n) is 6.95. The second-order valence-corrected chi connectivity index (χ2v) is 6.05. The van der Waals surface area contributed by atoms with Crippen LogP contribution < -0.4 is 4.74 Å². The molecule has 0 unspecified atom stereocenters. The molecule has 1 aliphatic rings. The SMILES string of the molecule is COc1ccc2c(c1)CCC(=Cc1ccc(F)c(Br)c1)C2=O. The standard InChI is InChI=1S/C18H14BrFO2/c1-22-14-5-6-15-12(10-14)3-4-13(18(15)21)8-11-2-7-17(20)16(19)9-11/h2,5-10H,3-4H2,1H3. The maximum atomic E-state index is 13.3. The van der Waals surface area contributed by atoms with Crippen molar-refractivity contribution in [3.8, 4) is 5.75 Å². The van der Waals surface area contributed by atoms with Gasteiger partial charge < -0.3 is 4.74 Å². The molecule has 1 aliphatic carbocycles. The first kappa shape index (κ1) is 15.0. The van der Waals surface area contributed by atoms with E-state index in [-0.39, 0.29) is 11.6 Å². The lowest BCUT2D eigenvalue weighted by molar-refractivity contribution is 0.102. The van der Waals surface area contributed by atoms with Gasteiger partial charge in [0.05, 0.1) is 11.6 Å². The zero-order chi connectivity index (χ0) is 15.7. The van der Waals surface area contributed by atoms with E-state index >= 15 is 0 Å². The number of hydrogen-bond acceptors (Lipinski definition) is 2. The summed E-state index contributed by atoms with van der Waals surface area (Å²) >= 11 is 3.16. The smallest absolute Gasteiger partial charge is 0.189 e. The molecule has 0 saturated carbocycles. The van der Waals surface area contributed by atoms with Crippen LogP contribution in [-0.2, 0) is 6.42 Å². The summed E-state index contributed by atoms with van der Waals surface area (Å²) in [6.07, 6.45) is 3.31. The van der Waals surface area contributed by atoms with Crippen molar-refractivity contribution < 1.29 is 13.9 Å². The number of ether oxygens (including phenoxy) is 1. The number of rotatable bonds is 2. The number of hydrogen-bond donors (Lipinski definition) is 0. The molecule has 0 atom stereocenters. The number of carbonyl (C=O) groups is 1. The molecule has 0 saturated heterocycles. The second kappa shape index (κ2) is 6.05. The molecule has 0 spiro atoms. The molecule has 2 aromatic rings. The largest absolute Gasteiger partial charge is 0.497 e. The van der Waals surface area contributed by atoms with Crippen molar-refractivity contribution in [2.24, 2.45) is 0 Å². The molecule has 0 N–H and O–H groups in total. The summed E-state index contributed by atoms with van der Waals surface area (Å²) in [5.74, 6) is 0.486. The number of halogens is 2. The van der Waals surface area contributed by atoms with Crippen molar-refractivity contribution in [1.82, 2.24) is 0 Å². The fraction of sp³-hybridized carbons (Fsp3) is 0.167. The highest BCUT2D eigenvalue weighted by Gasteiger charge is 2.22. The van der Waals surface area contributed by atoms with Crippen LogP contribution in [0.15, 0.2) is 46.4 Å². The molecule has 2 nitrogen and oxygen atoms in total. The van der Waals surface area contributed by atoms with Gasteiger partial charge in [-0.3, -0.25) is 4.79 Å². The van der Waals surface area contributed by atoms with Crippen LogP contribution >= 0.6 is 15.9 Å². The number of carbonyl (C=O) groups excluding carboxylic acids is 1. The Morgan fingerprint density at radius 1 is 1.18 bits per heavy atom. The van der Waals surface area contributed by atoms with Crippen LogP contribution in [0.25, 0.3) is 6.08 Å². The molecule has 0 bridgehead atoms. The van der Waals surface area contributed by atoms with Crippen LogP contribution in [0.3, 0.4) is 0 Å². The van der Waals surface area contributed by atoms with Crippen molar-refractivity contribution in [2.75, 3.05) is 7.11 Å². The van der Waals surface area contributed by atoms with E-state index in [1.165, 1.54) is 6.07 Å². The Kier molecular flexibility index (Phi) is 4.12. The highest BCUT2D eigenvalue weighted by molar-refractivity contribution is 9.10. The van der Waals surface area contributed by atoms with Gasteiger partial charge in [0.15, 0.2) is 5.78 Å². The third kappa shape index (κ3) is 2.83. The van der Waals surface area contributed by atoms with E-state index in [2.05, 4.69) is 15.9 Å². The van der Waals surface area contributed by atoms with E-state index in [1.807, 2.05) is 18.2 Å². The van der Waals surface area contributed by atoms with Gasteiger partial charge in [-0.1, -0.05) is 6.07 Å². The highest BCUT2D eigenvalue weighted by Crippen LogP contribution is 2.30. The zero-order valence-corrected chi connectivity index (χ0v) is 13.6. The Morgan fingerprint density at radius 3 is 2.73 bits per heavy atom. The van der Waals surface area contributed by atoms with Crippen molar-refractivity contribution in [2.45, 2.75) is 12.8 Å². The van der Waals surface area contributed by atoms with Crippen molar-refractivity contribution >= 4 is 27.8 Å². The molecule has 4 heteroatoms. The fourth-order valence-corrected chi connectivity index (χ4v) is 3.02. The molecular weight excluding hydrogens is 347 g/mol. The number of ketones is 1. The van der Waals surface area contributed by atoms with E-state index in [0.29, 0.717) is 10.9 Å². The Balaban J connectivity index is 1.95. The third-order valence-electron chi connectivity index (χ3n) is 3.80. The first-order chi connectivity index (χ1) is 10.6. The quantitative estimate of drug-likeness (QED) is 0.718. The monoisotopic (exact) mass is 360 g/mol. The molecule has 0 aliphatic heterocycles. The molecule has 112 valence electrons. The van der Waals surface area contributed by atoms with Gasteiger partial charge in [-0.2, -0.15) is 0 Å². The number of benzene rings is 2. The van der Waals surface area contributed by atoms with Crippen molar-refractivity contribution in [1.29, 1.82) is 0 Å². The number of Topliss-reactive ketones (excluding diaryl/α,β-unsaturated/α-hetero) is 1. The van der Waals surface area contributed by atoms with E-state index < -0.39 is 0 Å². The summed E-state index contributed by atoms with van der Waals surface area (Å²) in [6, 6.07) is 10.3. The molecular formula is C18H14BrFO2. The summed E-state index contributed by atoms with van der Waals surface area (Å²) in [4.78, 5) is 12.6. The number of fused-ring (bicyclic) bond motifs is 1. The molecule has 0 amide bonds. The van der Waals surface area contributed by atoms with E-state index in [0.717, 1.165) is 34.4 Å². The average molecular weight is 361 g/mol. The number of aryl methyl sites for hydroxylation is 1. The number of allylic oxidation sites excluding steroid dienone is 1. The summed E-state index contributed by atoms with van der Waals surface area (Å²) in [7, 11) is 1.62. The summed E-state index contributed by atoms with van der Waals surface area (Å²) < 4.78 is 18.9. The minimum Gasteiger partial charge on any atom is -0.497 e. The first-order valence-corrected chi connectivity index (χ1v) is 7.75. The Labute approximate surface area is 136 Å². The Hall–Kier alpha value is -1.94. The van der Waals surface area contributed by atoms with Crippen LogP contribution in [0.5, 0.6) is 5.75 Å². The maximum absolute atomic E-state index is 13.3. The average Bonchev–Trinajstić information content (AvgIpc) is 2.53. The summed E-state index contributed by atoms with van der Waals surface area (Å²) in [6.45, 7) is 0. The minimum absolute atomic E-state index is 0.0318. The summed E-state index contributed by atoms with van der Waals surface area (Å²) in [5.41, 5.74) is 3.30. The predicted octanol–water partition coefficient (Wildman–Crippen LogP) is 4.81. The van der Waals surface area contributed by atoms with Crippen molar-refractivity contribution in [3.63, 3.8) is 0 Å². The Bertz CT molecular complexity index is 781. The van der Waals surface area contributed by atoms with Gasteiger partial charge in [0, 0.05) is 11.1 Å². The van der Waals surface area contributed by atoms with Gasteiger partial charge >= 0.3 is 0 Å². The lowest BCUT2D eigenvalue weighted by Gasteiger charge is -2.18. The molecule has 0 radical (unpaired) electrons. The Morgan fingerprint density at radius 2 is 2.00 bits per heavy atom. The van der Waals surface area contributed by atoms with Gasteiger partial charge in [-0.25, -0.2) is 4.39 Å². The maximum Gasteiger partial charge on any atom is 0.189 e. The molecule has 3 rings (SSSR count). The van der Waals surface area contributed by atoms with Crippen LogP contribution in [0.4, 0.5) is 4.39 Å². The van der Waals surface area contributed by atoms with Crippen molar-refractivity contribution in [3.05, 3.63) is 69.0 Å². The number of methoxy groups -OCH3 is 1. The zero-order valence-electron chi connectivity index (χ0n) is 12.0. The van der Waals surface area contributed by atoms with Crippen LogP contribution in [-0.4, -0.2) is 12.9 Å². The normalized spacial score (nSPS) is 15.8. The predicted molar refractivity (Wildman–Crippen MR) is 87.7 cm³/mol. The minimum atomic E-state index is -0.311. The van der Waals surface area contributed by atoms with Gasteiger partial charge in [0.1, 0.15) is 11.6 Å². The van der Waals surface area contributed by atoms with Gasteiger partial charge in [0.25, 0.3) is 0 Å². The topological polar surface area (TPSA) is 26.3 Å². The van der Waals surface area contributed by atoms with Crippen LogP contribution in [0.2, 0.25) is 0 Å². The molecule has 0 heterocycles. The molecule has 2 aromatic carbocycles. The fourth-order valence-electron chi connectivity index (χ4n) is 2.62. The van der Waals surface area contributed by atoms with Gasteiger partial charge in [-0.15, -0.1) is 0 Å². The molecule has 0 fully saturated rings. The molecule has 0 aromatic heterocycles. The van der Waals surface area contributed by atoms with Gasteiger partial charge in [0.2, 0.25) is 0 Å². The molecule has 22 heavy (non-hydrogen) atoms. The third-order valence-corrected chi connectivity index (χ3v) is 4.40. The van der Waals surface area contributed by atoms with E-state index in [1.54, 1.807) is 25.3 Å².